The molecule has 4 nitrogen and oxygen atoms in total. The summed E-state index contributed by atoms with van der Waals surface area (Å²) >= 11 is 5.85. The molecule has 0 spiro atoms. The lowest BCUT2D eigenvalue weighted by Gasteiger charge is -1.97. The largest absolute Gasteiger partial charge is 0.420 e. The van der Waals surface area contributed by atoms with Crippen molar-refractivity contribution in [2.24, 2.45) is 0 Å². The minimum absolute atomic E-state index is 0.473. The number of nitrogen functional groups attached to an aromatic ring is 1. The molecule has 0 aliphatic carbocycles. The predicted molar refractivity (Wildman–Crippen MR) is 78.4 cm³/mol. The summed E-state index contributed by atoms with van der Waals surface area (Å²) < 4.78 is 5.65. The maximum Gasteiger partial charge on any atom is 0.247 e. The van der Waals surface area contributed by atoms with Crippen LogP contribution >= 0.6 is 11.6 Å². The Morgan fingerprint density at radius 2 is 1.85 bits per heavy atom. The van der Waals surface area contributed by atoms with E-state index in [-0.39, 0.29) is 0 Å². The zero-order chi connectivity index (χ0) is 13.9. The van der Waals surface area contributed by atoms with E-state index < -0.39 is 0 Å². The van der Waals surface area contributed by atoms with Gasteiger partial charge in [-0.2, -0.15) is 0 Å². The molecule has 3 aromatic rings. The Labute approximate surface area is 121 Å². The lowest BCUT2D eigenvalue weighted by atomic mass is 10.1. The summed E-state index contributed by atoms with van der Waals surface area (Å²) in [5.41, 5.74) is 8.29. The van der Waals surface area contributed by atoms with Crippen LogP contribution in [-0.2, 0) is 6.42 Å². The van der Waals surface area contributed by atoms with Gasteiger partial charge < -0.3 is 10.2 Å². The molecule has 0 unspecified atom stereocenters. The Hall–Kier alpha value is -2.33. The molecule has 1 aromatic heterocycles. The Morgan fingerprint density at radius 1 is 1.05 bits per heavy atom. The number of hydrogen-bond donors (Lipinski definition) is 1. The van der Waals surface area contributed by atoms with Crippen LogP contribution in [-0.4, -0.2) is 10.2 Å². The highest BCUT2D eigenvalue weighted by Crippen LogP contribution is 2.21. The molecule has 1 heterocycles. The molecule has 2 N–H and O–H groups in total. The maximum atomic E-state index is 5.85. The molecule has 0 aliphatic rings. The standard InChI is InChI=1S/C15H12ClN3O/c16-12-6-4-10(5-7-12)8-14-18-19-15(20-14)11-2-1-3-13(17)9-11/h1-7,9H,8,17H2. The number of hydrogen-bond acceptors (Lipinski definition) is 4. The number of rotatable bonds is 3. The Bertz CT molecular complexity index is 722. The van der Waals surface area contributed by atoms with E-state index in [0.717, 1.165) is 11.1 Å². The van der Waals surface area contributed by atoms with E-state index in [1.54, 1.807) is 6.07 Å². The van der Waals surface area contributed by atoms with E-state index in [4.69, 9.17) is 21.8 Å². The fraction of sp³-hybridized carbons (Fsp3) is 0.0667. The fourth-order valence-corrected chi connectivity index (χ4v) is 2.02. The minimum Gasteiger partial charge on any atom is -0.420 e. The number of halogens is 1. The molecule has 0 fully saturated rings. The number of benzene rings is 2. The first kappa shape index (κ1) is 12.7. The van der Waals surface area contributed by atoms with Crippen LogP contribution in [0.1, 0.15) is 11.5 Å². The number of aromatic nitrogens is 2. The van der Waals surface area contributed by atoms with Gasteiger partial charge >= 0.3 is 0 Å². The number of nitrogens with zero attached hydrogens (tertiary/aromatic N) is 2. The second-order valence-electron chi connectivity index (χ2n) is 4.43. The topological polar surface area (TPSA) is 64.9 Å². The smallest absolute Gasteiger partial charge is 0.247 e. The van der Waals surface area contributed by atoms with Crippen molar-refractivity contribution < 1.29 is 4.42 Å². The first-order chi connectivity index (χ1) is 9.70. The Morgan fingerprint density at radius 3 is 2.60 bits per heavy atom. The van der Waals surface area contributed by atoms with Crippen molar-refractivity contribution in [3.63, 3.8) is 0 Å². The molecule has 3 rings (SSSR count). The van der Waals surface area contributed by atoms with Crippen LogP contribution in [0.3, 0.4) is 0 Å². The van der Waals surface area contributed by atoms with Crippen molar-refractivity contribution >= 4 is 17.3 Å². The van der Waals surface area contributed by atoms with Gasteiger partial charge in [-0.15, -0.1) is 10.2 Å². The van der Waals surface area contributed by atoms with E-state index in [1.807, 2.05) is 42.5 Å². The highest BCUT2D eigenvalue weighted by molar-refractivity contribution is 6.30. The summed E-state index contributed by atoms with van der Waals surface area (Å²) in [7, 11) is 0. The predicted octanol–water partition coefficient (Wildman–Crippen LogP) is 3.56. The van der Waals surface area contributed by atoms with Crippen LogP contribution in [0.25, 0.3) is 11.5 Å². The molecule has 0 saturated carbocycles. The molecule has 0 radical (unpaired) electrons. The van der Waals surface area contributed by atoms with E-state index in [2.05, 4.69) is 10.2 Å². The number of anilines is 1. The molecule has 2 aromatic carbocycles. The highest BCUT2D eigenvalue weighted by atomic mass is 35.5. The molecular formula is C15H12ClN3O. The molecule has 0 saturated heterocycles. The SMILES string of the molecule is Nc1cccc(-c2nnc(Cc3ccc(Cl)cc3)o2)c1. The van der Waals surface area contributed by atoms with Crippen LogP contribution in [0.15, 0.2) is 52.9 Å². The van der Waals surface area contributed by atoms with Gasteiger partial charge in [-0.25, -0.2) is 0 Å². The van der Waals surface area contributed by atoms with E-state index in [1.165, 1.54) is 0 Å². The summed E-state index contributed by atoms with van der Waals surface area (Å²) in [4.78, 5) is 0. The van der Waals surface area contributed by atoms with E-state index >= 15 is 0 Å². The molecule has 0 aliphatic heterocycles. The van der Waals surface area contributed by atoms with Gasteiger partial charge in [-0.1, -0.05) is 29.8 Å². The molecule has 0 amide bonds. The average Bonchev–Trinajstić information content (AvgIpc) is 2.90. The van der Waals surface area contributed by atoms with Gasteiger partial charge in [-0.05, 0) is 35.9 Å². The molecule has 20 heavy (non-hydrogen) atoms. The zero-order valence-corrected chi connectivity index (χ0v) is 11.3. The first-order valence-electron chi connectivity index (χ1n) is 6.13. The van der Waals surface area contributed by atoms with Gasteiger partial charge in [0.1, 0.15) is 0 Å². The van der Waals surface area contributed by atoms with Crippen LogP contribution in [0, 0.1) is 0 Å². The molecule has 5 heteroatoms. The zero-order valence-electron chi connectivity index (χ0n) is 10.6. The summed E-state index contributed by atoms with van der Waals surface area (Å²) in [6.45, 7) is 0. The third-order valence-corrected chi connectivity index (χ3v) is 3.12. The van der Waals surface area contributed by atoms with Gasteiger partial charge in [0.05, 0.1) is 6.42 Å². The molecule has 100 valence electrons. The van der Waals surface area contributed by atoms with Crippen molar-refractivity contribution in [2.45, 2.75) is 6.42 Å². The Balaban J connectivity index is 1.82. The van der Waals surface area contributed by atoms with Crippen molar-refractivity contribution in [1.29, 1.82) is 0 Å². The average molecular weight is 286 g/mol. The lowest BCUT2D eigenvalue weighted by Crippen LogP contribution is -1.87. The van der Waals surface area contributed by atoms with E-state index in [0.29, 0.717) is 28.9 Å². The van der Waals surface area contributed by atoms with Gasteiger partial charge in [0.15, 0.2) is 0 Å². The monoisotopic (exact) mass is 285 g/mol. The second-order valence-corrected chi connectivity index (χ2v) is 4.87. The van der Waals surface area contributed by atoms with Gasteiger partial charge in [0.2, 0.25) is 11.8 Å². The van der Waals surface area contributed by atoms with Crippen molar-refractivity contribution in [2.75, 3.05) is 5.73 Å². The Kier molecular flexibility index (Phi) is 3.39. The third-order valence-electron chi connectivity index (χ3n) is 2.87. The van der Waals surface area contributed by atoms with Crippen LogP contribution in [0.2, 0.25) is 5.02 Å². The molecule has 0 atom stereocenters. The van der Waals surface area contributed by atoms with E-state index in [9.17, 15) is 0 Å². The maximum absolute atomic E-state index is 5.85. The van der Waals surface area contributed by atoms with Crippen molar-refractivity contribution in [3.8, 4) is 11.5 Å². The highest BCUT2D eigenvalue weighted by Gasteiger charge is 2.09. The van der Waals surface area contributed by atoms with Crippen molar-refractivity contribution in [3.05, 3.63) is 65.0 Å². The van der Waals surface area contributed by atoms with Crippen LogP contribution < -0.4 is 5.73 Å². The third kappa shape index (κ3) is 2.81. The fourth-order valence-electron chi connectivity index (χ4n) is 1.89. The summed E-state index contributed by atoms with van der Waals surface area (Å²) in [6, 6.07) is 14.9. The summed E-state index contributed by atoms with van der Waals surface area (Å²) in [6.07, 6.45) is 0.576. The quantitative estimate of drug-likeness (QED) is 0.747. The van der Waals surface area contributed by atoms with Gasteiger partial charge in [0, 0.05) is 16.3 Å². The van der Waals surface area contributed by atoms with Gasteiger partial charge in [0.25, 0.3) is 0 Å². The number of nitrogens with two attached hydrogens (primary N) is 1. The normalized spacial score (nSPS) is 10.7. The summed E-state index contributed by atoms with van der Waals surface area (Å²) in [5.74, 6) is 1.03. The summed E-state index contributed by atoms with van der Waals surface area (Å²) in [5, 5.41) is 8.80. The van der Waals surface area contributed by atoms with Crippen LogP contribution in [0.5, 0.6) is 0 Å². The second kappa shape index (κ2) is 5.35. The molecule has 0 bridgehead atoms. The van der Waals surface area contributed by atoms with Crippen molar-refractivity contribution in [1.82, 2.24) is 10.2 Å². The van der Waals surface area contributed by atoms with Crippen LogP contribution in [0.4, 0.5) is 5.69 Å². The van der Waals surface area contributed by atoms with Gasteiger partial charge in [-0.3, -0.25) is 0 Å². The minimum atomic E-state index is 0.473. The first-order valence-corrected chi connectivity index (χ1v) is 6.51. The molecular weight excluding hydrogens is 274 g/mol. The lowest BCUT2D eigenvalue weighted by molar-refractivity contribution is 0.518.